The lowest BCUT2D eigenvalue weighted by atomic mass is 10.3. The Balaban J connectivity index is 2.09. The van der Waals surface area contributed by atoms with Crippen molar-refractivity contribution in [3.63, 3.8) is 0 Å². The number of hydrogen-bond acceptors (Lipinski definition) is 5. The van der Waals surface area contributed by atoms with Crippen molar-refractivity contribution in [2.24, 2.45) is 0 Å². The molecule has 0 saturated carbocycles. The van der Waals surface area contributed by atoms with Gasteiger partial charge >= 0.3 is 0 Å². The quantitative estimate of drug-likeness (QED) is 0.754. The zero-order valence-electron chi connectivity index (χ0n) is 11.8. The van der Waals surface area contributed by atoms with Gasteiger partial charge in [-0.2, -0.15) is 4.98 Å². The van der Waals surface area contributed by atoms with Crippen LogP contribution in [0.25, 0.3) is 10.2 Å². The molecule has 1 aromatic carbocycles. The highest BCUT2D eigenvalue weighted by molar-refractivity contribution is 7.18. The van der Waals surface area contributed by atoms with Gasteiger partial charge in [-0.3, -0.25) is 0 Å². The Hall–Kier alpha value is -2.21. The lowest BCUT2D eigenvalue weighted by Gasteiger charge is -2.09. The first-order valence-electron chi connectivity index (χ1n) is 6.71. The van der Waals surface area contributed by atoms with Crippen molar-refractivity contribution >= 4 is 39.0 Å². The zero-order chi connectivity index (χ0) is 14.8. The van der Waals surface area contributed by atoms with Crippen molar-refractivity contribution in [2.75, 3.05) is 17.2 Å². The molecule has 0 bridgehead atoms. The molecule has 0 amide bonds. The van der Waals surface area contributed by atoms with Crippen LogP contribution < -0.4 is 10.6 Å². The van der Waals surface area contributed by atoms with Gasteiger partial charge in [0.1, 0.15) is 16.5 Å². The minimum atomic E-state index is -0.304. The summed E-state index contributed by atoms with van der Waals surface area (Å²) in [5.74, 6) is 0.859. The highest BCUT2D eigenvalue weighted by atomic mass is 32.1. The Morgan fingerprint density at radius 2 is 2.05 bits per heavy atom. The summed E-state index contributed by atoms with van der Waals surface area (Å²) in [6.45, 7) is 4.73. The minimum Gasteiger partial charge on any atom is -0.354 e. The van der Waals surface area contributed by atoms with E-state index in [0.717, 1.165) is 21.6 Å². The summed E-state index contributed by atoms with van der Waals surface area (Å²) in [6, 6.07) is 8.57. The Kier molecular flexibility index (Phi) is 3.70. The second kappa shape index (κ2) is 5.65. The number of anilines is 3. The van der Waals surface area contributed by atoms with Crippen LogP contribution in [0, 0.1) is 12.7 Å². The molecule has 0 aliphatic heterocycles. The molecule has 2 aromatic heterocycles. The van der Waals surface area contributed by atoms with Crippen LogP contribution in [0.1, 0.15) is 11.8 Å². The molecular weight excluding hydrogens is 287 g/mol. The molecule has 108 valence electrons. The van der Waals surface area contributed by atoms with Gasteiger partial charge in [-0.05, 0) is 32.0 Å². The van der Waals surface area contributed by atoms with Gasteiger partial charge in [0.15, 0.2) is 0 Å². The zero-order valence-corrected chi connectivity index (χ0v) is 12.6. The molecule has 0 atom stereocenters. The molecule has 2 N–H and O–H groups in total. The Morgan fingerprint density at radius 1 is 1.24 bits per heavy atom. The first-order chi connectivity index (χ1) is 10.2. The first-order valence-corrected chi connectivity index (χ1v) is 7.52. The largest absolute Gasteiger partial charge is 0.354 e. The van der Waals surface area contributed by atoms with Crippen LogP contribution in [0.5, 0.6) is 0 Å². The number of rotatable bonds is 4. The van der Waals surface area contributed by atoms with Crippen LogP contribution in [0.3, 0.4) is 0 Å². The number of hydrogen-bond donors (Lipinski definition) is 2. The summed E-state index contributed by atoms with van der Waals surface area (Å²) in [4.78, 5) is 10.9. The van der Waals surface area contributed by atoms with Crippen LogP contribution in [0.2, 0.25) is 0 Å². The highest BCUT2D eigenvalue weighted by Gasteiger charge is 2.12. The predicted octanol–water partition coefficient (Wildman–Crippen LogP) is 4.31. The monoisotopic (exact) mass is 302 g/mol. The maximum atomic E-state index is 13.8. The van der Waals surface area contributed by atoms with E-state index in [1.165, 1.54) is 6.07 Å². The van der Waals surface area contributed by atoms with Crippen molar-refractivity contribution in [1.82, 2.24) is 9.97 Å². The van der Waals surface area contributed by atoms with Crippen molar-refractivity contribution < 1.29 is 4.39 Å². The average molecular weight is 302 g/mol. The van der Waals surface area contributed by atoms with E-state index in [-0.39, 0.29) is 5.82 Å². The van der Waals surface area contributed by atoms with E-state index in [1.54, 1.807) is 29.5 Å². The summed E-state index contributed by atoms with van der Waals surface area (Å²) in [7, 11) is 0. The number of nitrogens with one attached hydrogen (secondary N) is 2. The van der Waals surface area contributed by atoms with E-state index < -0.39 is 0 Å². The van der Waals surface area contributed by atoms with Gasteiger partial charge in [-0.1, -0.05) is 12.1 Å². The average Bonchev–Trinajstić information content (AvgIpc) is 2.82. The van der Waals surface area contributed by atoms with Gasteiger partial charge in [-0.25, -0.2) is 9.37 Å². The highest BCUT2D eigenvalue weighted by Crippen LogP contribution is 2.31. The molecule has 0 spiro atoms. The summed E-state index contributed by atoms with van der Waals surface area (Å²) in [5, 5.41) is 7.07. The van der Waals surface area contributed by atoms with Crippen molar-refractivity contribution in [3.8, 4) is 0 Å². The second-order valence-electron chi connectivity index (χ2n) is 4.61. The lowest BCUT2D eigenvalue weighted by molar-refractivity contribution is 0.632. The third-order valence-electron chi connectivity index (χ3n) is 2.98. The molecule has 2 heterocycles. The van der Waals surface area contributed by atoms with Crippen molar-refractivity contribution in [2.45, 2.75) is 13.8 Å². The molecule has 0 aliphatic carbocycles. The Bertz CT molecular complexity index is 784. The van der Waals surface area contributed by atoms with Crippen LogP contribution >= 0.6 is 11.3 Å². The number of thiophene rings is 1. The fourth-order valence-corrected chi connectivity index (χ4v) is 2.94. The summed E-state index contributed by atoms with van der Waals surface area (Å²) in [5.41, 5.74) is 0.406. The number of aromatic nitrogens is 2. The van der Waals surface area contributed by atoms with E-state index in [9.17, 15) is 4.39 Å². The molecular formula is C15H15FN4S. The molecule has 0 saturated heterocycles. The van der Waals surface area contributed by atoms with Crippen LogP contribution in [0.15, 0.2) is 30.3 Å². The molecule has 6 heteroatoms. The molecule has 21 heavy (non-hydrogen) atoms. The summed E-state index contributed by atoms with van der Waals surface area (Å²) < 4.78 is 13.8. The SMILES string of the molecule is CCNc1nc(Nc2ccccc2F)c2cc(C)sc2n1. The smallest absolute Gasteiger partial charge is 0.226 e. The molecule has 0 radical (unpaired) electrons. The van der Waals surface area contributed by atoms with Gasteiger partial charge in [-0.15, -0.1) is 11.3 Å². The third-order valence-corrected chi connectivity index (χ3v) is 3.92. The second-order valence-corrected chi connectivity index (χ2v) is 5.84. The van der Waals surface area contributed by atoms with Gasteiger partial charge < -0.3 is 10.6 Å². The fourth-order valence-electron chi connectivity index (χ4n) is 2.06. The number of aryl methyl sites for hydroxylation is 1. The number of para-hydroxylation sites is 1. The molecule has 0 unspecified atom stereocenters. The molecule has 4 nitrogen and oxygen atoms in total. The number of halogens is 1. The summed E-state index contributed by atoms with van der Waals surface area (Å²) >= 11 is 1.60. The van der Waals surface area contributed by atoms with Crippen LogP contribution in [-0.2, 0) is 0 Å². The minimum absolute atomic E-state index is 0.304. The van der Waals surface area contributed by atoms with Crippen molar-refractivity contribution in [3.05, 3.63) is 41.0 Å². The van der Waals surface area contributed by atoms with Gasteiger partial charge in [0.2, 0.25) is 5.95 Å². The Morgan fingerprint density at radius 3 is 2.81 bits per heavy atom. The molecule has 3 rings (SSSR count). The Labute approximate surface area is 126 Å². The van der Waals surface area contributed by atoms with E-state index in [1.807, 2.05) is 19.9 Å². The van der Waals surface area contributed by atoms with E-state index in [2.05, 4.69) is 20.6 Å². The third kappa shape index (κ3) is 2.80. The predicted molar refractivity (Wildman–Crippen MR) is 86.0 cm³/mol. The number of benzene rings is 1. The van der Waals surface area contributed by atoms with E-state index in [4.69, 9.17) is 0 Å². The lowest BCUT2D eigenvalue weighted by Crippen LogP contribution is -2.04. The van der Waals surface area contributed by atoms with E-state index >= 15 is 0 Å². The number of fused-ring (bicyclic) bond motifs is 1. The van der Waals surface area contributed by atoms with E-state index in [0.29, 0.717) is 17.5 Å². The number of nitrogens with zero attached hydrogens (tertiary/aromatic N) is 2. The first kappa shape index (κ1) is 13.8. The molecule has 0 aliphatic rings. The maximum absolute atomic E-state index is 13.8. The normalized spacial score (nSPS) is 10.8. The van der Waals surface area contributed by atoms with Gasteiger partial charge in [0, 0.05) is 11.4 Å². The van der Waals surface area contributed by atoms with Crippen LogP contribution in [-0.4, -0.2) is 16.5 Å². The molecule has 0 fully saturated rings. The van der Waals surface area contributed by atoms with Gasteiger partial charge in [0.05, 0.1) is 11.1 Å². The van der Waals surface area contributed by atoms with Crippen molar-refractivity contribution in [1.29, 1.82) is 0 Å². The standard InChI is InChI=1S/C15H15FN4S/c1-3-17-15-19-13(10-8-9(2)21-14(10)20-15)18-12-7-5-4-6-11(12)16/h4-8H,3H2,1-2H3,(H2,17,18,19,20). The summed E-state index contributed by atoms with van der Waals surface area (Å²) in [6.07, 6.45) is 0. The van der Waals surface area contributed by atoms with Gasteiger partial charge in [0.25, 0.3) is 0 Å². The fraction of sp³-hybridized carbons (Fsp3) is 0.200. The molecule has 3 aromatic rings. The van der Waals surface area contributed by atoms with Crippen LogP contribution in [0.4, 0.5) is 21.8 Å². The maximum Gasteiger partial charge on any atom is 0.226 e. The topological polar surface area (TPSA) is 49.8 Å².